The van der Waals surface area contributed by atoms with Gasteiger partial charge in [0.2, 0.25) is 0 Å². The summed E-state index contributed by atoms with van der Waals surface area (Å²) in [6, 6.07) is 0. The standard InChI is InChI=1S/C5H7N.C2H6O/c1-2-4-6-5-3-1;1-3-2/h2,4-5H,1,3H2;1-2H3. The van der Waals surface area contributed by atoms with Crippen LogP contribution in [-0.4, -0.2) is 20.4 Å². The van der Waals surface area contributed by atoms with Gasteiger partial charge in [-0.3, -0.25) is 4.99 Å². The highest BCUT2D eigenvalue weighted by Crippen LogP contribution is 1.92. The van der Waals surface area contributed by atoms with Crippen molar-refractivity contribution in [2.24, 2.45) is 4.99 Å². The first-order valence-electron chi connectivity index (χ1n) is 2.98. The van der Waals surface area contributed by atoms with Crippen LogP contribution in [0.2, 0.25) is 0 Å². The number of methoxy groups -OCH3 is 1. The molecule has 0 saturated carbocycles. The minimum Gasteiger partial charge on any atom is -0.388 e. The summed E-state index contributed by atoms with van der Waals surface area (Å²) in [7, 11) is 3.25. The van der Waals surface area contributed by atoms with Gasteiger partial charge in [0.1, 0.15) is 0 Å². The topological polar surface area (TPSA) is 21.6 Å². The zero-order chi connectivity index (χ0) is 6.95. The van der Waals surface area contributed by atoms with E-state index in [1.165, 1.54) is 6.42 Å². The smallest absolute Gasteiger partial charge is 0.0351 e. The maximum absolute atomic E-state index is 4.25. The fourth-order valence-corrected chi connectivity index (χ4v) is 0.442. The lowest BCUT2D eigenvalue weighted by Crippen LogP contribution is -1.75. The molecule has 2 nitrogen and oxygen atoms in total. The van der Waals surface area contributed by atoms with Gasteiger partial charge >= 0.3 is 0 Å². The van der Waals surface area contributed by atoms with Crippen LogP contribution in [-0.2, 0) is 4.74 Å². The summed E-state index contributed by atoms with van der Waals surface area (Å²) in [6.45, 7) is 0. The largest absolute Gasteiger partial charge is 0.388 e. The van der Waals surface area contributed by atoms with Crippen LogP contribution in [0.3, 0.4) is 0 Å². The third-order valence-corrected chi connectivity index (χ3v) is 0.759. The van der Waals surface area contributed by atoms with Crippen molar-refractivity contribution in [1.29, 1.82) is 0 Å². The Labute approximate surface area is 56.2 Å². The average Bonchev–Trinajstić information content (AvgIpc) is 1.93. The second-order valence-corrected chi connectivity index (χ2v) is 1.70. The Morgan fingerprint density at radius 2 is 2.00 bits per heavy atom. The van der Waals surface area contributed by atoms with Crippen LogP contribution in [0.1, 0.15) is 12.8 Å². The number of allylic oxidation sites excluding steroid dienone is 1. The highest BCUT2D eigenvalue weighted by atomic mass is 16.4. The molecule has 1 aliphatic heterocycles. The molecule has 2 heteroatoms. The number of nitrogens with zero attached hydrogens (tertiary/aromatic N) is 1. The second kappa shape index (κ2) is 7.37. The first-order chi connectivity index (χ1) is 4.41. The van der Waals surface area contributed by atoms with E-state index < -0.39 is 0 Å². The zero-order valence-corrected chi connectivity index (χ0v) is 6.00. The van der Waals surface area contributed by atoms with Gasteiger partial charge in [0, 0.05) is 26.6 Å². The van der Waals surface area contributed by atoms with Crippen LogP contribution in [0.4, 0.5) is 0 Å². The van der Waals surface area contributed by atoms with E-state index in [4.69, 9.17) is 0 Å². The lowest BCUT2D eigenvalue weighted by molar-refractivity contribution is 0.277. The van der Waals surface area contributed by atoms with E-state index in [0.717, 1.165) is 6.42 Å². The molecule has 0 saturated heterocycles. The molecule has 0 aromatic rings. The van der Waals surface area contributed by atoms with E-state index >= 15 is 0 Å². The molecular weight excluding hydrogens is 114 g/mol. The maximum Gasteiger partial charge on any atom is 0.0351 e. The molecule has 9 heavy (non-hydrogen) atoms. The molecule has 52 valence electrons. The first-order valence-corrected chi connectivity index (χ1v) is 2.98. The molecule has 0 atom stereocenters. The summed E-state index contributed by atoms with van der Waals surface area (Å²) >= 11 is 0. The Morgan fingerprint density at radius 1 is 1.33 bits per heavy atom. The molecule has 1 rings (SSSR count). The van der Waals surface area contributed by atoms with Crippen molar-refractivity contribution in [3.05, 3.63) is 12.3 Å². The Hall–Kier alpha value is -0.630. The van der Waals surface area contributed by atoms with Crippen LogP contribution >= 0.6 is 0 Å². The van der Waals surface area contributed by atoms with Gasteiger partial charge < -0.3 is 4.74 Å². The van der Waals surface area contributed by atoms with E-state index in [1.54, 1.807) is 14.2 Å². The predicted molar refractivity (Wildman–Crippen MR) is 39.8 cm³/mol. The van der Waals surface area contributed by atoms with Crippen molar-refractivity contribution in [2.45, 2.75) is 12.8 Å². The first kappa shape index (κ1) is 8.37. The van der Waals surface area contributed by atoms with Crippen molar-refractivity contribution >= 4 is 6.21 Å². The number of ether oxygens (including phenoxy) is 1. The van der Waals surface area contributed by atoms with Gasteiger partial charge in [-0.15, -0.1) is 0 Å². The highest BCUT2D eigenvalue weighted by Gasteiger charge is 1.78. The van der Waals surface area contributed by atoms with Crippen LogP contribution in [0.5, 0.6) is 0 Å². The molecule has 0 radical (unpaired) electrons. The Balaban J connectivity index is 0.000000187. The molecule has 0 aliphatic carbocycles. The Morgan fingerprint density at radius 3 is 2.11 bits per heavy atom. The van der Waals surface area contributed by atoms with Crippen molar-refractivity contribution in [3.8, 4) is 0 Å². The molecular formula is C7H13NO. The minimum atomic E-state index is 1.12. The summed E-state index contributed by atoms with van der Waals surface area (Å²) in [5, 5.41) is 0. The molecule has 0 bridgehead atoms. The zero-order valence-electron chi connectivity index (χ0n) is 6.00. The summed E-state index contributed by atoms with van der Waals surface area (Å²) < 4.78 is 4.25. The third kappa shape index (κ3) is 7.37. The van der Waals surface area contributed by atoms with Crippen LogP contribution < -0.4 is 0 Å². The molecule has 0 N–H and O–H groups in total. The summed E-state index contributed by atoms with van der Waals surface area (Å²) in [4.78, 5) is 3.87. The summed E-state index contributed by atoms with van der Waals surface area (Å²) in [5.41, 5.74) is 0. The molecule has 0 spiro atoms. The van der Waals surface area contributed by atoms with Gasteiger partial charge in [-0.25, -0.2) is 0 Å². The SMILES string of the molecule is C1=CN=CCC1.COC. The molecule has 1 heterocycles. The quantitative estimate of drug-likeness (QED) is 0.484. The molecule has 0 fully saturated rings. The fraction of sp³-hybridized carbons (Fsp3) is 0.571. The second-order valence-electron chi connectivity index (χ2n) is 1.70. The lowest BCUT2D eigenvalue weighted by Gasteiger charge is -1.87. The van der Waals surface area contributed by atoms with E-state index in [9.17, 15) is 0 Å². The number of rotatable bonds is 0. The Bertz CT molecular complexity index is 85.1. The van der Waals surface area contributed by atoms with Gasteiger partial charge in [0.15, 0.2) is 0 Å². The lowest BCUT2D eigenvalue weighted by atomic mass is 10.3. The normalized spacial score (nSPS) is 14.4. The number of hydrogen-bond donors (Lipinski definition) is 0. The Kier molecular flexibility index (Phi) is 6.85. The monoisotopic (exact) mass is 127 g/mol. The molecule has 0 amide bonds. The molecule has 0 unspecified atom stereocenters. The van der Waals surface area contributed by atoms with Crippen LogP contribution in [0.25, 0.3) is 0 Å². The molecule has 1 aliphatic rings. The van der Waals surface area contributed by atoms with Crippen molar-refractivity contribution in [1.82, 2.24) is 0 Å². The van der Waals surface area contributed by atoms with Gasteiger partial charge in [0.05, 0.1) is 0 Å². The third-order valence-electron chi connectivity index (χ3n) is 0.759. The molecule has 0 aromatic carbocycles. The number of hydrogen-bond acceptors (Lipinski definition) is 2. The van der Waals surface area contributed by atoms with E-state index in [0.29, 0.717) is 0 Å². The van der Waals surface area contributed by atoms with Gasteiger partial charge in [-0.1, -0.05) is 6.08 Å². The minimum absolute atomic E-state index is 1.12. The maximum atomic E-state index is 4.25. The number of aliphatic imine (C=N–C) groups is 1. The van der Waals surface area contributed by atoms with Gasteiger partial charge in [-0.2, -0.15) is 0 Å². The van der Waals surface area contributed by atoms with Crippen molar-refractivity contribution in [3.63, 3.8) is 0 Å². The van der Waals surface area contributed by atoms with Crippen molar-refractivity contribution in [2.75, 3.05) is 14.2 Å². The van der Waals surface area contributed by atoms with Gasteiger partial charge in [0.25, 0.3) is 0 Å². The average molecular weight is 127 g/mol. The van der Waals surface area contributed by atoms with E-state index in [1.807, 2.05) is 12.4 Å². The van der Waals surface area contributed by atoms with Crippen molar-refractivity contribution < 1.29 is 4.74 Å². The van der Waals surface area contributed by atoms with Crippen LogP contribution in [0, 0.1) is 0 Å². The summed E-state index contributed by atoms with van der Waals surface area (Å²) in [5.74, 6) is 0. The van der Waals surface area contributed by atoms with E-state index in [2.05, 4.69) is 15.8 Å². The van der Waals surface area contributed by atoms with Crippen LogP contribution in [0.15, 0.2) is 17.3 Å². The highest BCUT2D eigenvalue weighted by molar-refractivity contribution is 5.59. The fourth-order valence-electron chi connectivity index (χ4n) is 0.442. The van der Waals surface area contributed by atoms with E-state index in [-0.39, 0.29) is 0 Å². The summed E-state index contributed by atoms with van der Waals surface area (Å²) in [6.07, 6.45) is 8.13. The predicted octanol–water partition coefficient (Wildman–Crippen LogP) is 1.63. The van der Waals surface area contributed by atoms with Gasteiger partial charge in [-0.05, 0) is 12.8 Å². The molecule has 0 aromatic heterocycles.